The molecule has 0 amide bonds. The molecule has 3 heteroatoms. The minimum atomic E-state index is 0.325. The standard InChI is InChI=1S/C32H47NO2/c1-31-17-15-26(35-20-8-19-33(3)4)21-24(31)11-13-27-28-14-12-25(32(28,2)18-16-29(27)31)22-30(34)23-9-6-5-7-10-23/h5-7,9-10,21,25-29H,8,11-20,22H2,1-4H3/t25?,26-,27?,28?,29?,31-,32+/m0/s1. The zero-order valence-corrected chi connectivity index (χ0v) is 22.6. The van der Waals surface area contributed by atoms with Gasteiger partial charge in [0.2, 0.25) is 0 Å². The van der Waals surface area contributed by atoms with Gasteiger partial charge in [0.25, 0.3) is 0 Å². The van der Waals surface area contributed by atoms with Gasteiger partial charge in [-0.3, -0.25) is 4.79 Å². The van der Waals surface area contributed by atoms with Gasteiger partial charge in [0, 0.05) is 18.6 Å². The highest BCUT2D eigenvalue weighted by atomic mass is 16.5. The van der Waals surface area contributed by atoms with Crippen LogP contribution < -0.4 is 0 Å². The van der Waals surface area contributed by atoms with Crippen molar-refractivity contribution in [3.8, 4) is 0 Å². The van der Waals surface area contributed by atoms with Gasteiger partial charge < -0.3 is 9.64 Å². The Hall–Kier alpha value is -1.45. The summed E-state index contributed by atoms with van der Waals surface area (Å²) < 4.78 is 6.30. The molecule has 1 aromatic carbocycles. The number of ketones is 1. The number of hydrogen-bond donors (Lipinski definition) is 0. The fourth-order valence-corrected chi connectivity index (χ4v) is 8.85. The summed E-state index contributed by atoms with van der Waals surface area (Å²) in [5.74, 6) is 3.36. The second-order valence-corrected chi connectivity index (χ2v) is 12.9. The van der Waals surface area contributed by atoms with Crippen molar-refractivity contribution in [2.75, 3.05) is 27.2 Å². The van der Waals surface area contributed by atoms with Gasteiger partial charge in [-0.15, -0.1) is 0 Å². The van der Waals surface area contributed by atoms with E-state index < -0.39 is 0 Å². The van der Waals surface area contributed by atoms with Crippen LogP contribution in [0.15, 0.2) is 42.0 Å². The Morgan fingerprint density at radius 1 is 1.00 bits per heavy atom. The normalized spacial score (nSPS) is 38.4. The Morgan fingerprint density at radius 3 is 2.57 bits per heavy atom. The first-order valence-electron chi connectivity index (χ1n) is 14.4. The molecular formula is C32H47NO2. The third-order valence-electron chi connectivity index (χ3n) is 10.9. The lowest BCUT2D eigenvalue weighted by atomic mass is 9.46. The SMILES string of the molecule is CN(C)CCCO[C@@H]1C=C2CCC3C4CCC(CC(=O)c5ccccc5)[C@@]4(C)CCC3[C@@]2(C)CC1. The van der Waals surface area contributed by atoms with Crippen LogP contribution in [0, 0.1) is 34.5 Å². The van der Waals surface area contributed by atoms with Crippen LogP contribution in [0.5, 0.6) is 0 Å². The average Bonchev–Trinajstić information content (AvgIpc) is 3.18. The first-order chi connectivity index (χ1) is 16.8. The van der Waals surface area contributed by atoms with Crippen molar-refractivity contribution in [1.82, 2.24) is 4.90 Å². The van der Waals surface area contributed by atoms with E-state index in [-0.39, 0.29) is 0 Å². The van der Waals surface area contributed by atoms with E-state index in [1.807, 2.05) is 30.3 Å². The highest BCUT2D eigenvalue weighted by Crippen LogP contribution is 2.67. The third-order valence-corrected chi connectivity index (χ3v) is 10.9. The number of benzene rings is 1. The van der Waals surface area contributed by atoms with Gasteiger partial charge in [-0.1, -0.05) is 55.8 Å². The number of fused-ring (bicyclic) bond motifs is 5. The highest BCUT2D eigenvalue weighted by Gasteiger charge is 2.58. The predicted octanol–water partition coefficient (Wildman–Crippen LogP) is 7.18. The van der Waals surface area contributed by atoms with Gasteiger partial charge in [-0.05, 0) is 113 Å². The topological polar surface area (TPSA) is 29.5 Å². The van der Waals surface area contributed by atoms with E-state index in [1.165, 1.54) is 51.4 Å². The molecule has 192 valence electrons. The van der Waals surface area contributed by atoms with Crippen molar-refractivity contribution in [2.45, 2.75) is 84.2 Å². The van der Waals surface area contributed by atoms with Crippen LogP contribution in [0.2, 0.25) is 0 Å². The van der Waals surface area contributed by atoms with Crippen molar-refractivity contribution in [2.24, 2.45) is 34.5 Å². The Kier molecular flexibility index (Phi) is 7.30. The van der Waals surface area contributed by atoms with Crippen LogP contribution in [-0.2, 0) is 4.74 Å². The lowest BCUT2D eigenvalue weighted by Crippen LogP contribution is -2.50. The summed E-state index contributed by atoms with van der Waals surface area (Å²) in [6.07, 6.45) is 15.0. The van der Waals surface area contributed by atoms with E-state index in [0.29, 0.717) is 28.6 Å². The summed E-state index contributed by atoms with van der Waals surface area (Å²) in [4.78, 5) is 15.3. The predicted molar refractivity (Wildman–Crippen MR) is 143 cm³/mol. The van der Waals surface area contributed by atoms with Gasteiger partial charge in [-0.2, -0.15) is 0 Å². The van der Waals surface area contributed by atoms with Crippen molar-refractivity contribution in [1.29, 1.82) is 0 Å². The number of carbonyl (C=O) groups is 1. The van der Waals surface area contributed by atoms with Crippen LogP contribution in [0.1, 0.15) is 88.4 Å². The number of carbonyl (C=O) groups excluding carboxylic acids is 1. The molecule has 0 radical (unpaired) electrons. The molecule has 0 aliphatic heterocycles. The molecule has 3 nitrogen and oxygen atoms in total. The monoisotopic (exact) mass is 477 g/mol. The second kappa shape index (κ2) is 10.1. The summed E-state index contributed by atoms with van der Waals surface area (Å²) in [5, 5.41) is 0. The Labute approximate surface area is 213 Å². The third kappa shape index (κ3) is 4.80. The van der Waals surface area contributed by atoms with Crippen LogP contribution >= 0.6 is 0 Å². The Bertz CT molecular complexity index is 923. The highest BCUT2D eigenvalue weighted by molar-refractivity contribution is 5.96. The molecule has 3 saturated carbocycles. The molecule has 0 aromatic heterocycles. The molecule has 7 atom stereocenters. The minimum Gasteiger partial charge on any atom is -0.374 e. The number of ether oxygens (including phenoxy) is 1. The maximum Gasteiger partial charge on any atom is 0.163 e. The molecule has 4 aliphatic rings. The maximum atomic E-state index is 13.1. The molecule has 4 aliphatic carbocycles. The van der Waals surface area contributed by atoms with Gasteiger partial charge in [0.15, 0.2) is 5.78 Å². The van der Waals surface area contributed by atoms with E-state index in [4.69, 9.17) is 4.74 Å². The smallest absolute Gasteiger partial charge is 0.163 e. The lowest BCUT2D eigenvalue weighted by molar-refractivity contribution is -0.0584. The van der Waals surface area contributed by atoms with E-state index in [9.17, 15) is 4.79 Å². The zero-order chi connectivity index (χ0) is 24.6. The van der Waals surface area contributed by atoms with Crippen molar-refractivity contribution in [3.05, 3.63) is 47.5 Å². The summed E-state index contributed by atoms with van der Waals surface area (Å²) in [7, 11) is 4.27. The number of nitrogens with zero attached hydrogens (tertiary/aromatic N) is 1. The zero-order valence-electron chi connectivity index (χ0n) is 22.6. The van der Waals surface area contributed by atoms with Crippen LogP contribution in [0.3, 0.4) is 0 Å². The molecule has 0 spiro atoms. The number of rotatable bonds is 8. The summed E-state index contributed by atoms with van der Waals surface area (Å²) in [5.41, 5.74) is 3.32. The molecule has 0 N–H and O–H groups in total. The minimum absolute atomic E-state index is 0.325. The molecule has 4 unspecified atom stereocenters. The van der Waals surface area contributed by atoms with Crippen LogP contribution in [-0.4, -0.2) is 44.0 Å². The fourth-order valence-electron chi connectivity index (χ4n) is 8.85. The maximum absolute atomic E-state index is 13.1. The van der Waals surface area contributed by atoms with Crippen molar-refractivity contribution >= 4 is 5.78 Å². The van der Waals surface area contributed by atoms with Gasteiger partial charge >= 0.3 is 0 Å². The lowest BCUT2D eigenvalue weighted by Gasteiger charge is -2.58. The van der Waals surface area contributed by atoms with Gasteiger partial charge in [-0.25, -0.2) is 0 Å². The first kappa shape index (κ1) is 25.2. The number of Topliss-reactive ketones (excluding diaryl/α,β-unsaturated/α-hetero) is 1. The molecule has 0 heterocycles. The quantitative estimate of drug-likeness (QED) is 0.226. The van der Waals surface area contributed by atoms with Gasteiger partial charge in [0.05, 0.1) is 6.10 Å². The van der Waals surface area contributed by atoms with E-state index in [1.54, 1.807) is 5.57 Å². The summed E-state index contributed by atoms with van der Waals surface area (Å²) >= 11 is 0. The summed E-state index contributed by atoms with van der Waals surface area (Å²) in [6, 6.07) is 9.98. The van der Waals surface area contributed by atoms with E-state index in [2.05, 4.69) is 38.9 Å². The fraction of sp³-hybridized carbons (Fsp3) is 0.719. The average molecular weight is 478 g/mol. The van der Waals surface area contributed by atoms with Crippen molar-refractivity contribution in [3.63, 3.8) is 0 Å². The molecule has 1 aromatic rings. The first-order valence-corrected chi connectivity index (χ1v) is 14.4. The number of hydrogen-bond acceptors (Lipinski definition) is 3. The van der Waals surface area contributed by atoms with E-state index in [0.717, 1.165) is 49.3 Å². The molecule has 0 bridgehead atoms. The Balaban J connectivity index is 1.25. The largest absolute Gasteiger partial charge is 0.374 e. The van der Waals surface area contributed by atoms with E-state index >= 15 is 0 Å². The Morgan fingerprint density at radius 2 is 1.80 bits per heavy atom. The molecule has 3 fully saturated rings. The molecule has 35 heavy (non-hydrogen) atoms. The van der Waals surface area contributed by atoms with Crippen LogP contribution in [0.4, 0.5) is 0 Å². The van der Waals surface area contributed by atoms with Crippen LogP contribution in [0.25, 0.3) is 0 Å². The van der Waals surface area contributed by atoms with Gasteiger partial charge in [0.1, 0.15) is 0 Å². The molecule has 5 rings (SSSR count). The second-order valence-electron chi connectivity index (χ2n) is 12.9. The number of allylic oxidation sites excluding steroid dienone is 1. The van der Waals surface area contributed by atoms with Crippen molar-refractivity contribution < 1.29 is 9.53 Å². The summed E-state index contributed by atoms with van der Waals surface area (Å²) in [6.45, 7) is 7.11. The molecular weight excluding hydrogens is 430 g/mol. The molecule has 0 saturated heterocycles.